The summed E-state index contributed by atoms with van der Waals surface area (Å²) in [6.07, 6.45) is -0.612. The molecule has 0 saturated heterocycles. The topological polar surface area (TPSA) is 49.3 Å². The van der Waals surface area contributed by atoms with Crippen LogP contribution in [0.25, 0.3) is 0 Å². The summed E-state index contributed by atoms with van der Waals surface area (Å²) < 4.78 is 0. The van der Waals surface area contributed by atoms with Gasteiger partial charge in [0, 0.05) is 9.75 Å². The van der Waals surface area contributed by atoms with Gasteiger partial charge in [0.25, 0.3) is 5.91 Å². The molecule has 2 aromatic heterocycles. The summed E-state index contributed by atoms with van der Waals surface area (Å²) in [5.74, 6) is -0.205. The minimum Gasteiger partial charge on any atom is -0.383 e. The zero-order valence-electron chi connectivity index (χ0n) is 12.0. The van der Waals surface area contributed by atoms with Gasteiger partial charge in [-0.2, -0.15) is 11.3 Å². The van der Waals surface area contributed by atoms with Crippen molar-refractivity contribution in [3.05, 3.63) is 79.1 Å². The molecule has 1 amide bonds. The number of hydrogen-bond donors (Lipinski definition) is 2. The van der Waals surface area contributed by atoms with Crippen molar-refractivity contribution in [2.45, 2.75) is 12.6 Å². The van der Waals surface area contributed by atoms with Crippen LogP contribution in [0.1, 0.15) is 31.8 Å². The normalized spacial score (nSPS) is 12.1. The summed E-state index contributed by atoms with van der Waals surface area (Å²) in [5, 5.41) is 17.5. The lowest BCUT2D eigenvalue weighted by atomic mass is 10.2. The van der Waals surface area contributed by atoms with Crippen LogP contribution in [0.2, 0.25) is 5.02 Å². The van der Waals surface area contributed by atoms with E-state index in [1.54, 1.807) is 35.6 Å². The largest absolute Gasteiger partial charge is 0.383 e. The van der Waals surface area contributed by atoms with E-state index in [1.165, 1.54) is 11.3 Å². The molecule has 0 spiro atoms. The molecule has 0 radical (unpaired) electrons. The van der Waals surface area contributed by atoms with Crippen molar-refractivity contribution in [1.82, 2.24) is 5.32 Å². The molecule has 0 aliphatic heterocycles. The Kier molecular flexibility index (Phi) is 5.13. The lowest BCUT2D eigenvalue weighted by Crippen LogP contribution is -2.22. The number of amides is 1. The average Bonchev–Trinajstić information content (AvgIpc) is 3.24. The summed E-state index contributed by atoms with van der Waals surface area (Å²) in [5.41, 5.74) is 1.35. The van der Waals surface area contributed by atoms with E-state index < -0.39 is 6.10 Å². The summed E-state index contributed by atoms with van der Waals surface area (Å²) >= 11 is 9.06. The molecule has 23 heavy (non-hydrogen) atoms. The van der Waals surface area contributed by atoms with Gasteiger partial charge in [-0.05, 0) is 46.7 Å². The van der Waals surface area contributed by atoms with Crippen molar-refractivity contribution in [1.29, 1.82) is 0 Å². The highest BCUT2D eigenvalue weighted by molar-refractivity contribution is 7.12. The first kappa shape index (κ1) is 16.2. The highest BCUT2D eigenvalue weighted by Gasteiger charge is 2.14. The van der Waals surface area contributed by atoms with E-state index in [-0.39, 0.29) is 5.91 Å². The van der Waals surface area contributed by atoms with E-state index in [0.717, 1.165) is 15.3 Å². The van der Waals surface area contributed by atoms with Gasteiger partial charge < -0.3 is 10.4 Å². The van der Waals surface area contributed by atoms with Crippen molar-refractivity contribution in [3.8, 4) is 0 Å². The number of benzene rings is 1. The molecule has 2 N–H and O–H groups in total. The molecule has 1 atom stereocenters. The average molecular weight is 364 g/mol. The fourth-order valence-corrected chi connectivity index (χ4v) is 4.01. The van der Waals surface area contributed by atoms with Gasteiger partial charge in [0.15, 0.2) is 0 Å². The highest BCUT2D eigenvalue weighted by Crippen LogP contribution is 2.29. The number of hydrogen-bond acceptors (Lipinski definition) is 4. The standard InChI is InChI=1S/C17H14ClNO2S2/c18-14-4-2-1-3-13(14)17(21)19-9-12-5-6-15(23-12)16(20)11-7-8-22-10-11/h1-8,10,16,20H,9H2,(H,19,21). The Bertz CT molecular complexity index is 799. The molecule has 0 aliphatic carbocycles. The Labute approximate surface area is 147 Å². The number of carbonyl (C=O) groups excluding carboxylic acids is 1. The zero-order valence-corrected chi connectivity index (χ0v) is 14.4. The minimum absolute atomic E-state index is 0.205. The molecule has 3 rings (SSSR count). The molecule has 2 heterocycles. The molecule has 0 saturated carbocycles. The van der Waals surface area contributed by atoms with Gasteiger partial charge in [-0.3, -0.25) is 4.79 Å². The van der Waals surface area contributed by atoms with Crippen LogP contribution in [0.5, 0.6) is 0 Å². The second-order valence-electron chi connectivity index (χ2n) is 4.93. The third-order valence-electron chi connectivity index (χ3n) is 3.35. The molecular weight excluding hydrogens is 350 g/mol. The molecule has 0 fully saturated rings. The molecule has 3 aromatic rings. The Morgan fingerprint density at radius 2 is 2.04 bits per heavy atom. The maximum atomic E-state index is 12.1. The van der Waals surface area contributed by atoms with Crippen LogP contribution < -0.4 is 5.32 Å². The Morgan fingerprint density at radius 3 is 2.78 bits per heavy atom. The molecule has 6 heteroatoms. The van der Waals surface area contributed by atoms with E-state index in [1.807, 2.05) is 29.0 Å². The second kappa shape index (κ2) is 7.27. The van der Waals surface area contributed by atoms with Crippen LogP contribution in [0.15, 0.2) is 53.2 Å². The van der Waals surface area contributed by atoms with Gasteiger partial charge in [-0.1, -0.05) is 23.7 Å². The van der Waals surface area contributed by atoms with Gasteiger partial charge in [-0.25, -0.2) is 0 Å². The first-order chi connectivity index (χ1) is 11.1. The van der Waals surface area contributed by atoms with E-state index in [2.05, 4.69) is 5.32 Å². The Balaban J connectivity index is 1.64. The summed E-state index contributed by atoms with van der Waals surface area (Å²) in [6, 6.07) is 12.7. The number of halogens is 1. The summed E-state index contributed by atoms with van der Waals surface area (Å²) in [4.78, 5) is 14.0. The van der Waals surface area contributed by atoms with E-state index in [0.29, 0.717) is 17.1 Å². The second-order valence-corrected chi connectivity index (χ2v) is 7.31. The summed E-state index contributed by atoms with van der Waals surface area (Å²) in [7, 11) is 0. The first-order valence-corrected chi connectivity index (χ1v) is 9.10. The van der Waals surface area contributed by atoms with Gasteiger partial charge in [0.1, 0.15) is 6.10 Å². The number of thiophene rings is 2. The van der Waals surface area contributed by atoms with Crippen LogP contribution in [-0.2, 0) is 6.54 Å². The third-order valence-corrected chi connectivity index (χ3v) is 5.52. The van der Waals surface area contributed by atoms with Crippen molar-refractivity contribution < 1.29 is 9.90 Å². The van der Waals surface area contributed by atoms with Crippen LogP contribution in [0.3, 0.4) is 0 Å². The van der Waals surface area contributed by atoms with Gasteiger partial charge in [-0.15, -0.1) is 11.3 Å². The molecular formula is C17H14ClNO2S2. The van der Waals surface area contributed by atoms with Gasteiger partial charge in [0.2, 0.25) is 0 Å². The van der Waals surface area contributed by atoms with E-state index >= 15 is 0 Å². The van der Waals surface area contributed by atoms with Crippen molar-refractivity contribution >= 4 is 40.2 Å². The number of aliphatic hydroxyl groups is 1. The fourth-order valence-electron chi connectivity index (χ4n) is 2.14. The fraction of sp³-hybridized carbons (Fsp3) is 0.118. The summed E-state index contributed by atoms with van der Waals surface area (Å²) in [6.45, 7) is 0.408. The predicted molar refractivity (Wildman–Crippen MR) is 95.3 cm³/mol. The predicted octanol–water partition coefficient (Wildman–Crippen LogP) is 4.47. The molecule has 118 valence electrons. The SMILES string of the molecule is O=C(NCc1ccc(C(O)c2ccsc2)s1)c1ccccc1Cl. The van der Waals surface area contributed by atoms with Crippen LogP contribution >= 0.6 is 34.3 Å². The molecule has 0 aliphatic rings. The Hall–Kier alpha value is -1.66. The molecule has 1 aromatic carbocycles. The molecule has 1 unspecified atom stereocenters. The van der Waals surface area contributed by atoms with Crippen molar-refractivity contribution in [2.24, 2.45) is 0 Å². The van der Waals surface area contributed by atoms with Gasteiger partial charge >= 0.3 is 0 Å². The quantitative estimate of drug-likeness (QED) is 0.702. The maximum Gasteiger partial charge on any atom is 0.253 e. The zero-order chi connectivity index (χ0) is 16.2. The highest BCUT2D eigenvalue weighted by atomic mass is 35.5. The maximum absolute atomic E-state index is 12.1. The lowest BCUT2D eigenvalue weighted by Gasteiger charge is -2.06. The smallest absolute Gasteiger partial charge is 0.253 e. The van der Waals surface area contributed by atoms with Crippen molar-refractivity contribution in [2.75, 3.05) is 0 Å². The number of rotatable bonds is 5. The number of carbonyl (C=O) groups is 1. The molecule has 0 bridgehead atoms. The lowest BCUT2D eigenvalue weighted by molar-refractivity contribution is 0.0951. The molecule has 3 nitrogen and oxygen atoms in total. The first-order valence-electron chi connectivity index (χ1n) is 6.96. The van der Waals surface area contributed by atoms with Crippen LogP contribution in [0, 0.1) is 0 Å². The monoisotopic (exact) mass is 363 g/mol. The van der Waals surface area contributed by atoms with Gasteiger partial charge in [0.05, 0.1) is 17.1 Å². The number of nitrogens with one attached hydrogen (secondary N) is 1. The van der Waals surface area contributed by atoms with Crippen molar-refractivity contribution in [3.63, 3.8) is 0 Å². The van der Waals surface area contributed by atoms with Crippen LogP contribution in [-0.4, -0.2) is 11.0 Å². The third kappa shape index (κ3) is 3.82. The minimum atomic E-state index is -0.612. The Morgan fingerprint density at radius 1 is 1.22 bits per heavy atom. The van der Waals surface area contributed by atoms with E-state index in [4.69, 9.17) is 11.6 Å². The van der Waals surface area contributed by atoms with E-state index in [9.17, 15) is 9.90 Å². The number of aliphatic hydroxyl groups excluding tert-OH is 1. The van der Waals surface area contributed by atoms with Crippen LogP contribution in [0.4, 0.5) is 0 Å².